The van der Waals surface area contributed by atoms with E-state index in [1.165, 1.54) is 0 Å². The molecule has 0 spiro atoms. The van der Waals surface area contributed by atoms with Crippen molar-refractivity contribution in [2.75, 3.05) is 62.2 Å². The minimum atomic E-state index is -0.486. The SMILES string of the molecule is Cc1cnc(-c2cc(N3CCN(C(=O)OC(C)(C)C)CC3)ncc2Cl)c(C)c1.Cc1cnc(-c2cc(N3CCNCC3)ncc2Cl)c(C)c1. The van der Waals surface area contributed by atoms with Crippen LogP contribution in [0.5, 0.6) is 0 Å². The molecule has 1 amide bonds. The second-order valence-electron chi connectivity index (χ2n) is 13.6. The number of anilines is 2. The van der Waals surface area contributed by atoms with Crippen LogP contribution in [0.15, 0.2) is 49.1 Å². The lowest BCUT2D eigenvalue weighted by molar-refractivity contribution is 0.0240. The summed E-state index contributed by atoms with van der Waals surface area (Å²) >= 11 is 12.8. The third-order valence-electron chi connectivity index (χ3n) is 8.32. The zero-order valence-corrected chi connectivity index (χ0v) is 31.0. The van der Waals surface area contributed by atoms with Crippen LogP contribution in [0.1, 0.15) is 43.0 Å². The number of hydrogen-bond acceptors (Lipinski definition) is 9. The molecule has 260 valence electrons. The van der Waals surface area contributed by atoms with Crippen molar-refractivity contribution in [1.29, 1.82) is 0 Å². The van der Waals surface area contributed by atoms with Gasteiger partial charge in [0, 0.05) is 88.3 Å². The van der Waals surface area contributed by atoms with E-state index in [0.29, 0.717) is 36.2 Å². The van der Waals surface area contributed by atoms with Crippen molar-refractivity contribution in [2.45, 2.75) is 54.1 Å². The Kier molecular flexibility index (Phi) is 11.6. The highest BCUT2D eigenvalue weighted by molar-refractivity contribution is 6.33. The summed E-state index contributed by atoms with van der Waals surface area (Å²) in [5.41, 5.74) is 7.63. The molecule has 0 unspecified atom stereocenters. The Morgan fingerprint density at radius 1 is 0.673 bits per heavy atom. The zero-order chi connectivity index (χ0) is 35.3. The third-order valence-corrected chi connectivity index (χ3v) is 8.92. The number of nitrogens with one attached hydrogen (secondary N) is 1. The van der Waals surface area contributed by atoms with Gasteiger partial charge in [-0.1, -0.05) is 35.3 Å². The Hall–Kier alpha value is -3.99. The number of ether oxygens (including phenoxy) is 1. The molecule has 0 bridgehead atoms. The molecule has 2 aliphatic heterocycles. The van der Waals surface area contributed by atoms with Gasteiger partial charge < -0.3 is 24.8 Å². The molecule has 4 aromatic heterocycles. The highest BCUT2D eigenvalue weighted by atomic mass is 35.5. The Morgan fingerprint density at radius 2 is 1.12 bits per heavy atom. The number of carbonyl (C=O) groups excluding carboxylic acids is 1. The van der Waals surface area contributed by atoms with E-state index >= 15 is 0 Å². The molecular formula is C37H46Cl2N8O2. The topological polar surface area (TPSA) is 99.6 Å². The highest BCUT2D eigenvalue weighted by Gasteiger charge is 2.27. The van der Waals surface area contributed by atoms with Gasteiger partial charge in [0.1, 0.15) is 17.2 Å². The molecule has 0 radical (unpaired) electrons. The van der Waals surface area contributed by atoms with Crippen molar-refractivity contribution in [1.82, 2.24) is 30.2 Å². The average molecular weight is 706 g/mol. The number of aryl methyl sites for hydroxylation is 4. The molecule has 12 heteroatoms. The maximum absolute atomic E-state index is 12.2. The fourth-order valence-electron chi connectivity index (χ4n) is 5.90. The van der Waals surface area contributed by atoms with Gasteiger partial charge >= 0.3 is 6.09 Å². The van der Waals surface area contributed by atoms with Gasteiger partial charge in [-0.3, -0.25) is 9.97 Å². The maximum Gasteiger partial charge on any atom is 0.410 e. The molecule has 0 saturated carbocycles. The molecule has 1 N–H and O–H groups in total. The number of aromatic nitrogens is 4. The van der Waals surface area contributed by atoms with E-state index in [4.69, 9.17) is 27.9 Å². The van der Waals surface area contributed by atoms with E-state index in [-0.39, 0.29) is 6.09 Å². The minimum Gasteiger partial charge on any atom is -0.444 e. The number of piperazine rings is 2. The lowest BCUT2D eigenvalue weighted by Crippen LogP contribution is -2.50. The van der Waals surface area contributed by atoms with E-state index in [9.17, 15) is 4.79 Å². The summed E-state index contributed by atoms with van der Waals surface area (Å²) < 4.78 is 5.46. The van der Waals surface area contributed by atoms with Crippen LogP contribution in [0.3, 0.4) is 0 Å². The zero-order valence-electron chi connectivity index (χ0n) is 29.5. The number of halogens is 2. The predicted octanol–water partition coefficient (Wildman–Crippen LogP) is 7.29. The lowest BCUT2D eigenvalue weighted by Gasteiger charge is -2.36. The predicted molar refractivity (Wildman–Crippen MR) is 199 cm³/mol. The largest absolute Gasteiger partial charge is 0.444 e. The third kappa shape index (κ3) is 9.38. The Morgan fingerprint density at radius 3 is 1.55 bits per heavy atom. The van der Waals surface area contributed by atoms with Gasteiger partial charge in [-0.25, -0.2) is 14.8 Å². The van der Waals surface area contributed by atoms with Crippen molar-refractivity contribution in [3.63, 3.8) is 0 Å². The van der Waals surface area contributed by atoms with Gasteiger partial charge in [-0.2, -0.15) is 0 Å². The Balaban J connectivity index is 0.000000199. The second kappa shape index (κ2) is 15.7. The molecule has 49 heavy (non-hydrogen) atoms. The van der Waals surface area contributed by atoms with Gasteiger partial charge in [0.25, 0.3) is 0 Å². The fourth-order valence-corrected chi connectivity index (χ4v) is 6.28. The van der Waals surface area contributed by atoms with E-state index in [1.807, 2.05) is 60.0 Å². The van der Waals surface area contributed by atoms with Gasteiger partial charge in [0.15, 0.2) is 0 Å². The van der Waals surface area contributed by atoms with Crippen LogP contribution in [-0.2, 0) is 4.74 Å². The monoisotopic (exact) mass is 704 g/mol. The number of pyridine rings is 4. The summed E-state index contributed by atoms with van der Waals surface area (Å²) in [7, 11) is 0. The molecule has 0 aromatic carbocycles. The Labute approximate surface area is 299 Å². The Bertz CT molecular complexity index is 1780. The first-order valence-electron chi connectivity index (χ1n) is 16.7. The van der Waals surface area contributed by atoms with Crippen LogP contribution in [0.2, 0.25) is 10.0 Å². The molecule has 0 aliphatic carbocycles. The lowest BCUT2D eigenvalue weighted by atomic mass is 10.1. The van der Waals surface area contributed by atoms with Crippen LogP contribution >= 0.6 is 23.2 Å². The molecule has 6 rings (SSSR count). The number of nitrogens with zero attached hydrogens (tertiary/aromatic N) is 7. The fraction of sp³-hybridized carbons (Fsp3) is 0.432. The summed E-state index contributed by atoms with van der Waals surface area (Å²) in [4.78, 5) is 36.5. The van der Waals surface area contributed by atoms with Crippen LogP contribution in [0.25, 0.3) is 22.5 Å². The first-order chi connectivity index (χ1) is 23.3. The van der Waals surface area contributed by atoms with Gasteiger partial charge in [-0.05, 0) is 82.9 Å². The van der Waals surface area contributed by atoms with E-state index in [0.717, 1.165) is 82.6 Å². The first kappa shape index (κ1) is 36.3. The number of hydrogen-bond donors (Lipinski definition) is 1. The molecule has 6 heterocycles. The van der Waals surface area contributed by atoms with Gasteiger partial charge in [0.2, 0.25) is 0 Å². The molecule has 2 fully saturated rings. The standard InChI is InChI=1S/C21H27ClN4O2.C16H19ClN4/c1-14-10-15(2)19(24-12-14)16-11-18(23-13-17(16)22)25-6-8-26(9-7-25)20(27)28-21(3,4)5;1-11-7-12(2)16(20-9-11)13-8-15(19-10-14(13)17)21-5-3-18-4-6-21/h10-13H,6-9H2,1-5H3;7-10,18H,3-6H2,1-2H3. The van der Waals surface area contributed by atoms with E-state index in [1.54, 1.807) is 17.3 Å². The van der Waals surface area contributed by atoms with Crippen molar-refractivity contribution >= 4 is 40.9 Å². The average Bonchev–Trinajstić information content (AvgIpc) is 3.06. The molecule has 0 atom stereocenters. The normalized spacial score (nSPS) is 15.1. The summed E-state index contributed by atoms with van der Waals surface area (Å²) in [6, 6.07) is 8.26. The summed E-state index contributed by atoms with van der Waals surface area (Å²) in [5, 5.41) is 4.58. The van der Waals surface area contributed by atoms with Crippen LogP contribution in [0, 0.1) is 27.7 Å². The summed E-state index contributed by atoms with van der Waals surface area (Å²) in [6.45, 7) is 20.3. The van der Waals surface area contributed by atoms with Crippen LogP contribution in [0.4, 0.5) is 16.4 Å². The van der Waals surface area contributed by atoms with Crippen molar-refractivity contribution < 1.29 is 9.53 Å². The quantitative estimate of drug-likeness (QED) is 0.235. The van der Waals surface area contributed by atoms with Crippen molar-refractivity contribution in [2.24, 2.45) is 0 Å². The van der Waals surface area contributed by atoms with Crippen LogP contribution in [-0.4, -0.2) is 88.9 Å². The van der Waals surface area contributed by atoms with Crippen molar-refractivity contribution in [3.8, 4) is 22.5 Å². The molecule has 2 saturated heterocycles. The number of amides is 1. The highest BCUT2D eigenvalue weighted by Crippen LogP contribution is 2.33. The van der Waals surface area contributed by atoms with E-state index < -0.39 is 5.60 Å². The van der Waals surface area contributed by atoms with Crippen molar-refractivity contribution in [3.05, 3.63) is 81.4 Å². The van der Waals surface area contributed by atoms with Crippen LogP contribution < -0.4 is 15.1 Å². The summed E-state index contributed by atoms with van der Waals surface area (Å²) in [6.07, 6.45) is 6.86. The molecule has 2 aliphatic rings. The minimum absolute atomic E-state index is 0.267. The van der Waals surface area contributed by atoms with E-state index in [2.05, 4.69) is 60.2 Å². The molecular weight excluding hydrogens is 659 g/mol. The molecule has 4 aromatic rings. The molecule has 10 nitrogen and oxygen atoms in total. The maximum atomic E-state index is 12.2. The van der Waals surface area contributed by atoms with Gasteiger partial charge in [-0.15, -0.1) is 0 Å². The van der Waals surface area contributed by atoms with Gasteiger partial charge in [0.05, 0.1) is 21.4 Å². The smallest absolute Gasteiger partial charge is 0.410 e. The first-order valence-corrected chi connectivity index (χ1v) is 17.4. The number of rotatable bonds is 4. The number of carbonyl (C=O) groups is 1. The summed E-state index contributed by atoms with van der Waals surface area (Å²) in [5.74, 6) is 1.81. The second-order valence-corrected chi connectivity index (χ2v) is 14.4.